The zero-order chi connectivity index (χ0) is 16.6. The van der Waals surface area contributed by atoms with Gasteiger partial charge in [0.15, 0.2) is 0 Å². The van der Waals surface area contributed by atoms with Crippen LogP contribution in [0.5, 0.6) is 0 Å². The number of fused-ring (bicyclic) bond motifs is 1. The van der Waals surface area contributed by atoms with Crippen molar-refractivity contribution in [1.82, 2.24) is 19.1 Å². The molecule has 1 aromatic carbocycles. The molecule has 120 valence electrons. The lowest BCUT2D eigenvalue weighted by atomic mass is 10.1. The van der Waals surface area contributed by atoms with E-state index in [-0.39, 0.29) is 12.1 Å². The Labute approximate surface area is 129 Å². The van der Waals surface area contributed by atoms with E-state index >= 15 is 0 Å². The van der Waals surface area contributed by atoms with Crippen molar-refractivity contribution < 1.29 is 13.2 Å². The summed E-state index contributed by atoms with van der Waals surface area (Å²) < 4.78 is 42.3. The first-order chi connectivity index (χ1) is 10.9. The maximum absolute atomic E-state index is 13.1. The smallest absolute Gasteiger partial charge is 0.333 e. The molecule has 0 spiro atoms. The number of halogens is 3. The Balaban J connectivity index is 2.04. The quantitative estimate of drug-likeness (QED) is 0.745. The van der Waals surface area contributed by atoms with Crippen molar-refractivity contribution in [2.75, 3.05) is 0 Å². The third-order valence-electron chi connectivity index (χ3n) is 3.66. The van der Waals surface area contributed by atoms with Crippen LogP contribution >= 0.6 is 0 Å². The molecule has 23 heavy (non-hydrogen) atoms. The molecule has 0 N–H and O–H groups in total. The van der Waals surface area contributed by atoms with Crippen LogP contribution in [-0.2, 0) is 19.3 Å². The van der Waals surface area contributed by atoms with E-state index in [4.69, 9.17) is 0 Å². The fourth-order valence-corrected chi connectivity index (χ4v) is 2.45. The van der Waals surface area contributed by atoms with Crippen LogP contribution in [-0.4, -0.2) is 19.1 Å². The van der Waals surface area contributed by atoms with Gasteiger partial charge >= 0.3 is 6.18 Å². The van der Waals surface area contributed by atoms with Crippen molar-refractivity contribution in [2.45, 2.75) is 26.2 Å². The van der Waals surface area contributed by atoms with E-state index in [9.17, 15) is 18.0 Å². The Hall–Kier alpha value is -2.64. The van der Waals surface area contributed by atoms with E-state index in [0.29, 0.717) is 6.54 Å². The molecule has 0 unspecified atom stereocenters. The molecular weight excluding hydrogens is 309 g/mol. The minimum Gasteiger partial charge on any atom is -0.333 e. The monoisotopic (exact) mass is 322 g/mol. The number of imidazole rings is 1. The largest absolute Gasteiger partial charge is 0.417 e. The van der Waals surface area contributed by atoms with Crippen molar-refractivity contribution in [3.8, 4) is 0 Å². The predicted molar refractivity (Wildman–Crippen MR) is 78.0 cm³/mol. The molecule has 0 fully saturated rings. The van der Waals surface area contributed by atoms with Crippen LogP contribution in [0.15, 0.2) is 41.7 Å². The normalized spacial score (nSPS) is 12.0. The topological polar surface area (TPSA) is 52.7 Å². The molecule has 0 aliphatic heterocycles. The molecule has 3 rings (SSSR count). The maximum atomic E-state index is 13.1. The molecule has 0 bridgehead atoms. The van der Waals surface area contributed by atoms with Gasteiger partial charge in [-0.3, -0.25) is 9.36 Å². The number of aromatic nitrogens is 4. The molecule has 5 nitrogen and oxygen atoms in total. The Morgan fingerprint density at radius 2 is 1.87 bits per heavy atom. The minimum absolute atomic E-state index is 0.0416. The molecule has 3 aromatic rings. The van der Waals surface area contributed by atoms with Gasteiger partial charge in [-0.15, -0.1) is 0 Å². The van der Waals surface area contributed by atoms with Crippen molar-refractivity contribution in [3.63, 3.8) is 0 Å². The maximum Gasteiger partial charge on any atom is 0.417 e. The lowest BCUT2D eigenvalue weighted by Gasteiger charge is -2.12. The van der Waals surface area contributed by atoms with Crippen LogP contribution in [0.4, 0.5) is 13.2 Å². The number of rotatable bonds is 3. The first kappa shape index (κ1) is 15.3. The van der Waals surface area contributed by atoms with Gasteiger partial charge in [0, 0.05) is 25.5 Å². The SMILES string of the molecule is Cc1nccn1CCn1cnc2cccc(C(F)(F)F)c2c1=O. The van der Waals surface area contributed by atoms with Gasteiger partial charge in [-0.1, -0.05) is 6.07 Å². The Morgan fingerprint density at radius 3 is 2.52 bits per heavy atom. The second-order valence-corrected chi connectivity index (χ2v) is 5.11. The van der Waals surface area contributed by atoms with Crippen molar-refractivity contribution in [3.05, 3.63) is 58.7 Å². The van der Waals surface area contributed by atoms with Gasteiger partial charge in [0.1, 0.15) is 5.82 Å². The molecule has 0 radical (unpaired) electrons. The Morgan fingerprint density at radius 1 is 1.13 bits per heavy atom. The van der Waals surface area contributed by atoms with Crippen LogP contribution in [0, 0.1) is 6.92 Å². The average Bonchev–Trinajstić information content (AvgIpc) is 2.90. The molecule has 0 atom stereocenters. The summed E-state index contributed by atoms with van der Waals surface area (Å²) in [5, 5.41) is -0.398. The number of hydrogen-bond donors (Lipinski definition) is 0. The van der Waals surface area contributed by atoms with Crippen LogP contribution in [0.1, 0.15) is 11.4 Å². The van der Waals surface area contributed by atoms with Gasteiger partial charge in [-0.05, 0) is 19.1 Å². The highest BCUT2D eigenvalue weighted by Crippen LogP contribution is 2.32. The zero-order valence-corrected chi connectivity index (χ0v) is 12.2. The summed E-state index contributed by atoms with van der Waals surface area (Å²) >= 11 is 0. The van der Waals surface area contributed by atoms with Gasteiger partial charge in [0.2, 0.25) is 0 Å². The number of aryl methyl sites for hydroxylation is 3. The standard InChI is InChI=1S/C15H13F3N4O/c1-10-19-5-6-21(10)7-8-22-9-20-12-4-2-3-11(15(16,17)18)13(12)14(22)23/h2-6,9H,7-8H2,1H3. The van der Waals surface area contributed by atoms with Crippen LogP contribution < -0.4 is 5.56 Å². The second-order valence-electron chi connectivity index (χ2n) is 5.11. The number of alkyl halides is 3. The highest BCUT2D eigenvalue weighted by Gasteiger charge is 2.33. The van der Waals surface area contributed by atoms with Gasteiger partial charge in [0.05, 0.1) is 22.8 Å². The van der Waals surface area contributed by atoms with Crippen LogP contribution in [0.3, 0.4) is 0 Å². The average molecular weight is 322 g/mol. The molecular formula is C15H13F3N4O. The summed E-state index contributed by atoms with van der Waals surface area (Å²) in [5.74, 6) is 0.766. The van der Waals surface area contributed by atoms with E-state index in [2.05, 4.69) is 9.97 Å². The predicted octanol–water partition coefficient (Wildman–Crippen LogP) is 2.62. The summed E-state index contributed by atoms with van der Waals surface area (Å²) in [6, 6.07) is 3.54. The molecule has 0 amide bonds. The molecule has 8 heteroatoms. The molecule has 0 saturated heterocycles. The highest BCUT2D eigenvalue weighted by molar-refractivity contribution is 5.81. The second kappa shape index (κ2) is 5.53. The van der Waals surface area contributed by atoms with E-state index in [1.165, 1.54) is 23.0 Å². The third kappa shape index (κ3) is 2.84. The van der Waals surface area contributed by atoms with Gasteiger partial charge in [0.25, 0.3) is 5.56 Å². The highest BCUT2D eigenvalue weighted by atomic mass is 19.4. The molecule has 2 heterocycles. The van der Waals surface area contributed by atoms with Gasteiger partial charge < -0.3 is 4.57 Å². The molecule has 0 saturated carbocycles. The van der Waals surface area contributed by atoms with E-state index in [1.807, 2.05) is 11.5 Å². The zero-order valence-electron chi connectivity index (χ0n) is 12.2. The lowest BCUT2D eigenvalue weighted by molar-refractivity contribution is -0.136. The molecule has 2 aromatic heterocycles. The van der Waals surface area contributed by atoms with E-state index in [1.54, 1.807) is 12.4 Å². The fraction of sp³-hybridized carbons (Fsp3) is 0.267. The molecule has 0 aliphatic rings. The number of hydrogen-bond acceptors (Lipinski definition) is 3. The Kier molecular flexibility index (Phi) is 3.67. The third-order valence-corrected chi connectivity index (χ3v) is 3.66. The first-order valence-corrected chi connectivity index (χ1v) is 6.91. The number of nitrogens with zero attached hydrogens (tertiary/aromatic N) is 4. The van der Waals surface area contributed by atoms with E-state index < -0.39 is 22.7 Å². The van der Waals surface area contributed by atoms with E-state index in [0.717, 1.165) is 11.9 Å². The Bertz CT molecular complexity index is 911. The summed E-state index contributed by atoms with van der Waals surface area (Å²) in [7, 11) is 0. The van der Waals surface area contributed by atoms with Gasteiger partial charge in [-0.2, -0.15) is 13.2 Å². The lowest BCUT2D eigenvalue weighted by Crippen LogP contribution is -2.25. The fourth-order valence-electron chi connectivity index (χ4n) is 2.45. The first-order valence-electron chi connectivity index (χ1n) is 6.91. The summed E-state index contributed by atoms with van der Waals surface area (Å²) in [6.07, 6.45) is 0.0477. The summed E-state index contributed by atoms with van der Waals surface area (Å²) in [6.45, 7) is 2.45. The van der Waals surface area contributed by atoms with Crippen LogP contribution in [0.2, 0.25) is 0 Å². The van der Waals surface area contributed by atoms with Crippen molar-refractivity contribution in [1.29, 1.82) is 0 Å². The van der Waals surface area contributed by atoms with Crippen molar-refractivity contribution in [2.24, 2.45) is 0 Å². The summed E-state index contributed by atoms with van der Waals surface area (Å²) in [5.41, 5.74) is -1.61. The van der Waals surface area contributed by atoms with Gasteiger partial charge in [-0.25, -0.2) is 9.97 Å². The van der Waals surface area contributed by atoms with Crippen LogP contribution in [0.25, 0.3) is 10.9 Å². The minimum atomic E-state index is -4.60. The summed E-state index contributed by atoms with van der Waals surface area (Å²) in [4.78, 5) is 20.5. The number of benzene rings is 1. The van der Waals surface area contributed by atoms with Crippen molar-refractivity contribution >= 4 is 10.9 Å². The molecule has 0 aliphatic carbocycles.